The molecule has 0 aliphatic rings. The van der Waals surface area contributed by atoms with E-state index in [4.69, 9.17) is 10.8 Å². The van der Waals surface area contributed by atoms with Crippen LogP contribution in [0.15, 0.2) is 60.7 Å². The van der Waals surface area contributed by atoms with Gasteiger partial charge in [-0.1, -0.05) is 67.6 Å². The van der Waals surface area contributed by atoms with E-state index in [-0.39, 0.29) is 19.3 Å². The molecule has 2 unspecified atom stereocenters. The monoisotopic (exact) mass is 604 g/mol. The summed E-state index contributed by atoms with van der Waals surface area (Å²) in [7, 11) is -4.19. The predicted octanol–water partition coefficient (Wildman–Crippen LogP) is 0.996. The highest BCUT2D eigenvalue weighted by Gasteiger charge is 2.36. The fourth-order valence-electron chi connectivity index (χ4n) is 4.29. The Labute approximate surface area is 245 Å². The molecule has 0 saturated carbocycles. The van der Waals surface area contributed by atoms with Crippen molar-refractivity contribution >= 4 is 31.1 Å². The van der Waals surface area contributed by atoms with Crippen LogP contribution in [-0.4, -0.2) is 76.0 Å². The third kappa shape index (κ3) is 11.7. The molecule has 0 aromatic heterocycles. The molecule has 42 heavy (non-hydrogen) atoms. The van der Waals surface area contributed by atoms with Crippen LogP contribution >= 0.6 is 7.37 Å². The Hall–Kier alpha value is -3.57. The summed E-state index contributed by atoms with van der Waals surface area (Å²) in [6.07, 6.45) is 0.729. The first-order chi connectivity index (χ1) is 20.0. The number of unbranched alkanes of at least 4 members (excludes halogenated alkanes) is 1. The van der Waals surface area contributed by atoms with Crippen molar-refractivity contribution < 1.29 is 38.8 Å². The van der Waals surface area contributed by atoms with E-state index in [2.05, 4.69) is 16.0 Å². The molecule has 0 saturated heterocycles. The Morgan fingerprint density at radius 3 is 1.98 bits per heavy atom. The Kier molecular flexibility index (Phi) is 14.3. The summed E-state index contributed by atoms with van der Waals surface area (Å²) in [6, 6.07) is 15.1. The van der Waals surface area contributed by atoms with E-state index in [1.54, 1.807) is 54.6 Å². The summed E-state index contributed by atoms with van der Waals surface area (Å²) in [5.74, 6) is -5.59. The van der Waals surface area contributed by atoms with Crippen LogP contribution < -0.4 is 21.7 Å². The number of aliphatic carboxylic acids is 1. The first-order valence-corrected chi connectivity index (χ1v) is 15.7. The first kappa shape index (κ1) is 34.6. The molecule has 0 heterocycles. The standard InChI is InChI=1S/C29H41N4O8P/c1-20(27(36)31-23(14-8-9-15-30)28(37)32-24(18-34)29(38)39)19-42(40,41)26(17-22-12-6-3-7-13-22)33-25(35)16-21-10-4-2-5-11-21/h2-7,10-13,20,23-24,26,34H,8-9,14-19,30H2,1H3,(H,31,36)(H,32,37)(H,33,35)(H,38,39)(H,40,41)/t20-,23?,24-,26-/m1/s1. The number of rotatable bonds is 18. The molecule has 13 heteroatoms. The molecule has 2 aromatic carbocycles. The van der Waals surface area contributed by atoms with Crippen molar-refractivity contribution in [2.24, 2.45) is 11.7 Å². The lowest BCUT2D eigenvalue weighted by Crippen LogP contribution is -2.53. The van der Waals surface area contributed by atoms with Crippen LogP contribution in [0.4, 0.5) is 0 Å². The zero-order valence-electron chi connectivity index (χ0n) is 23.6. The molecular formula is C29H41N4O8P. The summed E-state index contributed by atoms with van der Waals surface area (Å²) in [5.41, 5.74) is 6.99. The molecule has 12 nitrogen and oxygen atoms in total. The van der Waals surface area contributed by atoms with Gasteiger partial charge in [-0.3, -0.25) is 18.9 Å². The average Bonchev–Trinajstić information content (AvgIpc) is 2.95. The third-order valence-electron chi connectivity index (χ3n) is 6.65. The summed E-state index contributed by atoms with van der Waals surface area (Å²) in [6.45, 7) is 0.944. The van der Waals surface area contributed by atoms with Crippen molar-refractivity contribution in [1.82, 2.24) is 16.0 Å². The van der Waals surface area contributed by atoms with Crippen LogP contribution in [0.2, 0.25) is 0 Å². The van der Waals surface area contributed by atoms with Crippen molar-refractivity contribution in [3.8, 4) is 0 Å². The number of hydrogen-bond donors (Lipinski definition) is 7. The Balaban J connectivity index is 2.16. The van der Waals surface area contributed by atoms with Crippen molar-refractivity contribution in [2.45, 2.75) is 56.9 Å². The quantitative estimate of drug-likeness (QED) is 0.0955. The smallest absolute Gasteiger partial charge is 0.328 e. The van der Waals surface area contributed by atoms with E-state index in [1.165, 1.54) is 6.92 Å². The van der Waals surface area contributed by atoms with Gasteiger partial charge in [0, 0.05) is 18.5 Å². The van der Waals surface area contributed by atoms with E-state index >= 15 is 0 Å². The zero-order chi connectivity index (χ0) is 31.1. The van der Waals surface area contributed by atoms with Gasteiger partial charge in [0.2, 0.25) is 25.1 Å². The molecule has 2 rings (SSSR count). The molecule has 3 amide bonds. The van der Waals surface area contributed by atoms with Gasteiger partial charge in [-0.15, -0.1) is 0 Å². The fourth-order valence-corrected chi connectivity index (χ4v) is 6.33. The minimum atomic E-state index is -4.19. The Morgan fingerprint density at radius 2 is 1.43 bits per heavy atom. The van der Waals surface area contributed by atoms with Crippen molar-refractivity contribution in [1.29, 1.82) is 0 Å². The minimum absolute atomic E-state index is 0.00688. The molecule has 0 bridgehead atoms. The molecule has 8 N–H and O–H groups in total. The Bertz CT molecular complexity index is 1210. The van der Waals surface area contributed by atoms with Gasteiger partial charge in [-0.05, 0) is 36.9 Å². The summed E-state index contributed by atoms with van der Waals surface area (Å²) < 4.78 is 13.7. The van der Waals surface area contributed by atoms with Crippen LogP contribution in [0.25, 0.3) is 0 Å². The van der Waals surface area contributed by atoms with E-state index in [9.17, 15) is 33.7 Å². The number of nitrogens with one attached hydrogen (secondary N) is 3. The highest BCUT2D eigenvalue weighted by Crippen LogP contribution is 2.48. The van der Waals surface area contributed by atoms with Crippen LogP contribution in [0.5, 0.6) is 0 Å². The van der Waals surface area contributed by atoms with E-state index < -0.39 is 67.6 Å². The lowest BCUT2D eigenvalue weighted by atomic mass is 10.1. The van der Waals surface area contributed by atoms with Gasteiger partial charge in [0.15, 0.2) is 0 Å². The molecule has 5 atom stereocenters. The minimum Gasteiger partial charge on any atom is -0.480 e. The van der Waals surface area contributed by atoms with E-state index in [0.717, 1.165) is 11.1 Å². The van der Waals surface area contributed by atoms with Gasteiger partial charge < -0.3 is 36.8 Å². The van der Waals surface area contributed by atoms with E-state index in [0.29, 0.717) is 19.4 Å². The topological polar surface area (TPSA) is 208 Å². The van der Waals surface area contributed by atoms with Gasteiger partial charge in [-0.2, -0.15) is 0 Å². The summed E-state index contributed by atoms with van der Waals surface area (Å²) in [4.78, 5) is 61.1. The second-order valence-corrected chi connectivity index (χ2v) is 12.7. The fraction of sp³-hybridized carbons (Fsp3) is 0.448. The van der Waals surface area contributed by atoms with Gasteiger partial charge in [0.05, 0.1) is 13.0 Å². The SMILES string of the molecule is C[C@H](CP(=O)(O)[C@H](Cc1ccccc1)NC(=O)Cc1ccccc1)C(=O)NC(CCCCN)C(=O)N[C@H](CO)C(=O)O. The second-order valence-electron chi connectivity index (χ2n) is 10.2. The normalized spacial score (nSPS) is 15.3. The van der Waals surface area contributed by atoms with Crippen LogP contribution in [0.3, 0.4) is 0 Å². The molecule has 0 aliphatic carbocycles. The van der Waals surface area contributed by atoms with Crippen LogP contribution in [0.1, 0.15) is 37.3 Å². The number of aliphatic hydroxyl groups is 1. The van der Waals surface area contributed by atoms with Gasteiger partial charge >= 0.3 is 5.97 Å². The highest BCUT2D eigenvalue weighted by molar-refractivity contribution is 7.58. The van der Waals surface area contributed by atoms with Gasteiger partial charge in [0.1, 0.15) is 17.9 Å². The van der Waals surface area contributed by atoms with Crippen LogP contribution in [-0.2, 0) is 36.6 Å². The summed E-state index contributed by atoms with van der Waals surface area (Å²) in [5, 5.41) is 25.8. The van der Waals surface area contributed by atoms with Gasteiger partial charge in [0.25, 0.3) is 0 Å². The predicted molar refractivity (Wildman–Crippen MR) is 158 cm³/mol. The number of hydrogen-bond acceptors (Lipinski definition) is 7. The lowest BCUT2D eigenvalue weighted by molar-refractivity contribution is -0.143. The molecule has 230 valence electrons. The zero-order valence-corrected chi connectivity index (χ0v) is 24.5. The Morgan fingerprint density at radius 1 is 0.857 bits per heavy atom. The number of amides is 3. The van der Waals surface area contributed by atoms with Gasteiger partial charge in [-0.25, -0.2) is 4.79 Å². The van der Waals surface area contributed by atoms with E-state index in [1.807, 2.05) is 6.07 Å². The summed E-state index contributed by atoms with van der Waals surface area (Å²) >= 11 is 0. The molecular weight excluding hydrogens is 563 g/mol. The number of carboxylic acid groups (broad SMARTS) is 1. The maximum absolute atomic E-state index is 13.7. The van der Waals surface area contributed by atoms with Crippen LogP contribution in [0, 0.1) is 5.92 Å². The molecule has 0 spiro atoms. The third-order valence-corrected chi connectivity index (χ3v) is 9.01. The lowest BCUT2D eigenvalue weighted by Gasteiger charge is -2.27. The maximum atomic E-state index is 13.7. The molecule has 2 aromatic rings. The number of nitrogens with two attached hydrogens (primary N) is 1. The first-order valence-electron chi connectivity index (χ1n) is 13.8. The number of aliphatic hydroxyl groups excluding tert-OH is 1. The number of carbonyl (C=O) groups is 4. The highest BCUT2D eigenvalue weighted by atomic mass is 31.2. The number of carbonyl (C=O) groups excluding carboxylic acids is 3. The van der Waals surface area contributed by atoms with Crippen molar-refractivity contribution in [3.05, 3.63) is 71.8 Å². The average molecular weight is 605 g/mol. The van der Waals surface area contributed by atoms with Crippen molar-refractivity contribution in [2.75, 3.05) is 19.3 Å². The molecule has 0 radical (unpaired) electrons. The maximum Gasteiger partial charge on any atom is 0.328 e. The largest absolute Gasteiger partial charge is 0.480 e. The molecule has 0 aliphatic heterocycles. The number of benzene rings is 2. The molecule has 0 fully saturated rings. The second kappa shape index (κ2) is 17.4. The van der Waals surface area contributed by atoms with Crippen molar-refractivity contribution in [3.63, 3.8) is 0 Å². The number of carboxylic acids is 1.